The van der Waals surface area contributed by atoms with Gasteiger partial charge in [-0.15, -0.1) is 5.11 Å². The van der Waals surface area contributed by atoms with Gasteiger partial charge in [0.05, 0.1) is 10.6 Å². The summed E-state index contributed by atoms with van der Waals surface area (Å²) >= 11 is 0. The minimum absolute atomic E-state index is 0. The topological polar surface area (TPSA) is 200 Å². The summed E-state index contributed by atoms with van der Waals surface area (Å²) in [6.07, 6.45) is 0. The van der Waals surface area contributed by atoms with Gasteiger partial charge in [0, 0.05) is 25.2 Å². The first kappa shape index (κ1) is 31.9. The van der Waals surface area contributed by atoms with Gasteiger partial charge in [0.15, 0.2) is 11.7 Å². The SMILES string of the molecule is C.C.CN(C)c1ccc2c(O)c(N=Nc3ccc(S(=O)(=O)COS(=O)(=O)O)cc3)c(S(=O)(=O)O)cc2c1. The summed E-state index contributed by atoms with van der Waals surface area (Å²) in [5, 5.41) is 18.8. The van der Waals surface area contributed by atoms with Gasteiger partial charge < -0.3 is 10.0 Å². The van der Waals surface area contributed by atoms with E-state index in [1.807, 2.05) is 0 Å². The summed E-state index contributed by atoms with van der Waals surface area (Å²) in [5.41, 5.74) is 0.212. The quantitative estimate of drug-likeness (QED) is 0.257. The third-order valence-corrected chi connectivity index (χ3v) is 7.49. The molecule has 0 amide bonds. The smallest absolute Gasteiger partial charge is 0.398 e. The van der Waals surface area contributed by atoms with E-state index < -0.39 is 52.6 Å². The maximum absolute atomic E-state index is 12.1. The van der Waals surface area contributed by atoms with Crippen LogP contribution in [0.1, 0.15) is 14.9 Å². The summed E-state index contributed by atoms with van der Waals surface area (Å²) in [4.78, 5) is 0.711. The number of benzene rings is 3. The highest BCUT2D eigenvalue weighted by Crippen LogP contribution is 2.42. The second-order valence-corrected chi connectivity index (χ2v) is 11.7. The second kappa shape index (κ2) is 11.5. The molecule has 3 N–H and O–H groups in total. The molecule has 0 saturated heterocycles. The Bertz CT molecular complexity index is 1630. The molecule has 16 heteroatoms. The summed E-state index contributed by atoms with van der Waals surface area (Å²) in [7, 11) is -10.5. The molecule has 13 nitrogen and oxygen atoms in total. The van der Waals surface area contributed by atoms with E-state index in [0.717, 1.165) is 18.2 Å². The fourth-order valence-corrected chi connectivity index (χ4v) is 5.27. The number of phenolic OH excluding ortho intramolecular Hbond substituents is 1. The van der Waals surface area contributed by atoms with Crippen LogP contribution >= 0.6 is 0 Å². The number of azo groups is 1. The van der Waals surface area contributed by atoms with Crippen LogP contribution in [-0.2, 0) is 34.5 Å². The molecule has 3 rings (SSSR count). The van der Waals surface area contributed by atoms with Crippen molar-refractivity contribution in [2.24, 2.45) is 10.2 Å². The lowest BCUT2D eigenvalue weighted by molar-refractivity contribution is 0.306. The number of sulfone groups is 1. The molecule has 0 saturated carbocycles. The summed E-state index contributed by atoms with van der Waals surface area (Å²) in [6, 6.07) is 10.4. The van der Waals surface area contributed by atoms with Gasteiger partial charge in [0.25, 0.3) is 10.1 Å². The largest absolute Gasteiger partial charge is 0.505 e. The van der Waals surface area contributed by atoms with E-state index in [1.54, 1.807) is 37.2 Å². The van der Waals surface area contributed by atoms with E-state index in [4.69, 9.17) is 4.55 Å². The molecule has 3 aromatic carbocycles. The van der Waals surface area contributed by atoms with Crippen molar-refractivity contribution in [2.75, 3.05) is 24.9 Å². The molecule has 3 aromatic rings. The Kier molecular flexibility index (Phi) is 9.90. The third-order valence-electron chi connectivity index (χ3n) is 4.64. The Morgan fingerprint density at radius 1 is 0.865 bits per heavy atom. The van der Waals surface area contributed by atoms with Gasteiger partial charge in [-0.05, 0) is 53.9 Å². The average molecular weight is 578 g/mol. The molecule has 0 aliphatic heterocycles. The highest BCUT2D eigenvalue weighted by Gasteiger charge is 2.23. The van der Waals surface area contributed by atoms with Gasteiger partial charge in [-0.25, -0.2) is 12.6 Å². The predicted molar refractivity (Wildman–Crippen MR) is 139 cm³/mol. The summed E-state index contributed by atoms with van der Waals surface area (Å²) in [6.45, 7) is 0. The van der Waals surface area contributed by atoms with E-state index >= 15 is 0 Å². The first-order chi connectivity index (χ1) is 16.1. The van der Waals surface area contributed by atoms with Gasteiger partial charge in [-0.3, -0.25) is 9.11 Å². The van der Waals surface area contributed by atoms with Crippen LogP contribution in [0.4, 0.5) is 17.1 Å². The normalized spacial score (nSPS) is 12.2. The van der Waals surface area contributed by atoms with Crippen molar-refractivity contribution in [1.82, 2.24) is 0 Å². The fraction of sp³-hybridized carbons (Fsp3) is 0.238. The molecule has 37 heavy (non-hydrogen) atoms. The van der Waals surface area contributed by atoms with Gasteiger partial charge in [-0.1, -0.05) is 14.9 Å². The number of anilines is 1. The van der Waals surface area contributed by atoms with Crippen molar-refractivity contribution < 1.29 is 43.6 Å². The lowest BCUT2D eigenvalue weighted by Crippen LogP contribution is -2.14. The van der Waals surface area contributed by atoms with Crippen LogP contribution in [0.3, 0.4) is 0 Å². The zero-order chi connectivity index (χ0) is 26.2. The molecular weight excluding hydrogens is 550 g/mol. The minimum atomic E-state index is -4.96. The minimum Gasteiger partial charge on any atom is -0.505 e. The Morgan fingerprint density at radius 3 is 1.97 bits per heavy atom. The molecule has 0 aromatic heterocycles. The molecule has 204 valence electrons. The number of hydrogen-bond acceptors (Lipinski definition) is 11. The summed E-state index contributed by atoms with van der Waals surface area (Å²) < 4.78 is 91.3. The summed E-state index contributed by atoms with van der Waals surface area (Å²) in [5.74, 6) is -1.88. The van der Waals surface area contributed by atoms with E-state index in [9.17, 15) is 34.9 Å². The van der Waals surface area contributed by atoms with Crippen LogP contribution < -0.4 is 4.90 Å². The molecule has 0 radical (unpaired) electrons. The highest BCUT2D eigenvalue weighted by molar-refractivity contribution is 7.92. The zero-order valence-electron chi connectivity index (χ0n) is 18.1. The molecular formula is C21H27N3O10S3. The van der Waals surface area contributed by atoms with E-state index in [0.29, 0.717) is 11.1 Å². The van der Waals surface area contributed by atoms with Crippen LogP contribution in [0.15, 0.2) is 68.6 Å². The first-order valence-corrected chi connectivity index (χ1v) is 13.9. The maximum Gasteiger partial charge on any atom is 0.398 e. The molecule has 0 heterocycles. The Hall–Kier alpha value is -3.15. The standard InChI is InChI=1S/C19H19N3O10S3.2CH4/c1-22(2)14-5-8-16-12(9-14)10-17(34(26,27)28)18(19(16)23)21-20-13-3-6-15(7-4-13)33(24,25)11-32-35(29,30)31;;/h3-10,23H,11H2,1-2H3,(H,26,27,28)(H,29,30,31);2*1H4. The van der Waals surface area contributed by atoms with Crippen LogP contribution in [0.2, 0.25) is 0 Å². The van der Waals surface area contributed by atoms with E-state index in [-0.39, 0.29) is 30.8 Å². The second-order valence-electron chi connectivity index (χ2n) is 7.32. The predicted octanol–water partition coefficient (Wildman–Crippen LogP) is 4.10. The maximum atomic E-state index is 12.1. The van der Waals surface area contributed by atoms with Crippen LogP contribution in [0.25, 0.3) is 10.8 Å². The molecule has 0 aliphatic carbocycles. The molecule has 0 bridgehead atoms. The van der Waals surface area contributed by atoms with Crippen molar-refractivity contribution in [3.63, 3.8) is 0 Å². The van der Waals surface area contributed by atoms with Crippen molar-refractivity contribution in [2.45, 2.75) is 24.6 Å². The van der Waals surface area contributed by atoms with Gasteiger partial charge in [0.1, 0.15) is 10.6 Å². The third kappa shape index (κ3) is 7.67. The molecule has 0 atom stereocenters. The van der Waals surface area contributed by atoms with E-state index in [1.165, 1.54) is 12.1 Å². The number of phenols is 1. The zero-order valence-corrected chi connectivity index (χ0v) is 20.5. The molecule has 0 spiro atoms. The van der Waals surface area contributed by atoms with Gasteiger partial charge >= 0.3 is 10.4 Å². The first-order valence-electron chi connectivity index (χ1n) is 9.39. The molecule has 0 fully saturated rings. The number of aromatic hydroxyl groups is 1. The van der Waals surface area contributed by atoms with Crippen molar-refractivity contribution >= 4 is 58.2 Å². The monoisotopic (exact) mass is 577 g/mol. The average Bonchev–Trinajstić information content (AvgIpc) is 2.76. The van der Waals surface area contributed by atoms with Crippen molar-refractivity contribution in [3.05, 3.63) is 48.5 Å². The molecule has 0 unspecified atom stereocenters. The fourth-order valence-electron chi connectivity index (χ4n) is 2.93. The number of hydrogen-bond donors (Lipinski definition) is 3. The molecule has 0 aliphatic rings. The lowest BCUT2D eigenvalue weighted by atomic mass is 10.1. The number of nitrogens with zero attached hydrogens (tertiary/aromatic N) is 3. The van der Waals surface area contributed by atoms with Gasteiger partial charge in [0.2, 0.25) is 9.84 Å². The van der Waals surface area contributed by atoms with Crippen LogP contribution in [-0.4, -0.2) is 59.5 Å². The Balaban J connectivity index is 0.00000342. The number of rotatable bonds is 8. The van der Waals surface area contributed by atoms with E-state index in [2.05, 4.69) is 14.4 Å². The number of fused-ring (bicyclic) bond motifs is 1. The Labute approximate surface area is 215 Å². The van der Waals surface area contributed by atoms with Gasteiger partial charge in [-0.2, -0.15) is 21.9 Å². The highest BCUT2D eigenvalue weighted by atomic mass is 32.3. The van der Waals surface area contributed by atoms with Crippen LogP contribution in [0, 0.1) is 0 Å². The van der Waals surface area contributed by atoms with Crippen molar-refractivity contribution in [1.29, 1.82) is 0 Å². The van der Waals surface area contributed by atoms with Crippen LogP contribution in [0.5, 0.6) is 5.75 Å². The van der Waals surface area contributed by atoms with Crippen molar-refractivity contribution in [3.8, 4) is 5.75 Å². The lowest BCUT2D eigenvalue weighted by Gasteiger charge is -2.14. The Morgan fingerprint density at radius 2 is 1.46 bits per heavy atom.